The van der Waals surface area contributed by atoms with Crippen molar-refractivity contribution in [3.8, 4) is 5.75 Å². The summed E-state index contributed by atoms with van der Waals surface area (Å²) < 4.78 is 15.2. The molecule has 6 heteroatoms. The second-order valence-corrected chi connectivity index (χ2v) is 5.09. The van der Waals surface area contributed by atoms with E-state index in [0.717, 1.165) is 22.7 Å². The topological polar surface area (TPSA) is 74.2 Å². The van der Waals surface area contributed by atoms with Gasteiger partial charge in [0.1, 0.15) is 31.2 Å². The van der Waals surface area contributed by atoms with Gasteiger partial charge in [-0.05, 0) is 35.0 Å². The molecule has 0 N–H and O–H groups in total. The van der Waals surface area contributed by atoms with Crippen LogP contribution in [-0.2, 0) is 14.3 Å². The molecule has 1 aliphatic rings. The number of esters is 2. The van der Waals surface area contributed by atoms with Gasteiger partial charge in [0.2, 0.25) is 0 Å². The smallest absolute Gasteiger partial charge is 0.349 e. The number of nitrogens with zero attached hydrogens (tertiary/aromatic N) is 1. The number of carbonyl (C=O) groups is 2. The van der Waals surface area contributed by atoms with Crippen molar-refractivity contribution in [2.75, 3.05) is 20.3 Å². The molecule has 1 heterocycles. The third-order valence-electron chi connectivity index (χ3n) is 3.50. The van der Waals surface area contributed by atoms with Crippen LogP contribution in [0.3, 0.4) is 0 Å². The molecule has 2 aromatic carbocycles. The highest BCUT2D eigenvalue weighted by atomic mass is 16.5. The van der Waals surface area contributed by atoms with E-state index in [4.69, 9.17) is 14.2 Å². The lowest BCUT2D eigenvalue weighted by Crippen LogP contribution is -2.29. The Morgan fingerprint density at radius 1 is 1.26 bits per heavy atom. The molecule has 0 aromatic heterocycles. The number of hydrogen-bond donors (Lipinski definition) is 0. The number of rotatable bonds is 4. The maximum absolute atomic E-state index is 12.1. The van der Waals surface area contributed by atoms with Crippen molar-refractivity contribution in [1.29, 1.82) is 0 Å². The second kappa shape index (κ2) is 6.48. The Kier molecular flexibility index (Phi) is 4.23. The summed E-state index contributed by atoms with van der Waals surface area (Å²) in [6.07, 6.45) is 1.10. The van der Waals surface area contributed by atoms with Gasteiger partial charge in [0.05, 0.1) is 12.7 Å². The molecule has 23 heavy (non-hydrogen) atoms. The van der Waals surface area contributed by atoms with Gasteiger partial charge in [-0.2, -0.15) is 0 Å². The van der Waals surface area contributed by atoms with Gasteiger partial charge in [-0.25, -0.2) is 9.59 Å². The summed E-state index contributed by atoms with van der Waals surface area (Å²) >= 11 is 0. The van der Waals surface area contributed by atoms with E-state index in [2.05, 4.69) is 4.99 Å². The van der Waals surface area contributed by atoms with Gasteiger partial charge in [-0.1, -0.05) is 12.1 Å². The lowest BCUT2D eigenvalue weighted by molar-refractivity contribution is -0.136. The molecule has 1 atom stereocenters. The third-order valence-corrected chi connectivity index (χ3v) is 3.50. The molecule has 0 spiro atoms. The van der Waals surface area contributed by atoms with Gasteiger partial charge in [-0.15, -0.1) is 0 Å². The number of cyclic esters (lactones) is 1. The Hall–Kier alpha value is -2.89. The molecule has 3 rings (SSSR count). The van der Waals surface area contributed by atoms with E-state index in [0.29, 0.717) is 5.56 Å². The summed E-state index contributed by atoms with van der Waals surface area (Å²) in [4.78, 5) is 26.9. The van der Waals surface area contributed by atoms with E-state index in [1.807, 2.05) is 24.3 Å². The summed E-state index contributed by atoms with van der Waals surface area (Å²) in [7, 11) is 1.61. The van der Waals surface area contributed by atoms with Crippen LogP contribution >= 0.6 is 0 Å². The van der Waals surface area contributed by atoms with Crippen LogP contribution in [0.4, 0.5) is 0 Å². The lowest BCUT2D eigenvalue weighted by atomic mass is 10.1. The van der Waals surface area contributed by atoms with E-state index in [1.165, 1.54) is 0 Å². The van der Waals surface area contributed by atoms with Gasteiger partial charge in [0, 0.05) is 0 Å². The van der Waals surface area contributed by atoms with Crippen molar-refractivity contribution < 1.29 is 23.8 Å². The maximum Gasteiger partial charge on any atom is 0.349 e. The van der Waals surface area contributed by atoms with E-state index < -0.39 is 11.9 Å². The molecule has 0 fully saturated rings. The van der Waals surface area contributed by atoms with Gasteiger partial charge in [0.25, 0.3) is 0 Å². The van der Waals surface area contributed by atoms with Crippen LogP contribution in [0.25, 0.3) is 10.8 Å². The minimum absolute atomic E-state index is 0.0727. The van der Waals surface area contributed by atoms with Crippen molar-refractivity contribution >= 4 is 28.9 Å². The van der Waals surface area contributed by atoms with Crippen molar-refractivity contribution in [3.05, 3.63) is 42.0 Å². The number of ether oxygens (including phenoxy) is 3. The van der Waals surface area contributed by atoms with E-state index in [-0.39, 0.29) is 19.3 Å². The van der Waals surface area contributed by atoms with E-state index in [1.54, 1.807) is 19.2 Å². The Balaban J connectivity index is 1.68. The number of benzene rings is 2. The minimum atomic E-state index is -0.475. The first-order valence-corrected chi connectivity index (χ1v) is 7.10. The summed E-state index contributed by atoms with van der Waals surface area (Å²) in [6, 6.07) is 10.6. The summed E-state index contributed by atoms with van der Waals surface area (Å²) in [5, 5.41) is 1.90. The van der Waals surface area contributed by atoms with Gasteiger partial charge in [-0.3, -0.25) is 4.99 Å². The molecular weight excluding hydrogens is 298 g/mol. The Morgan fingerprint density at radius 2 is 2.04 bits per heavy atom. The van der Waals surface area contributed by atoms with Crippen molar-refractivity contribution in [3.63, 3.8) is 0 Å². The first-order valence-electron chi connectivity index (χ1n) is 7.10. The normalized spacial score (nSPS) is 16.9. The molecule has 6 nitrogen and oxygen atoms in total. The van der Waals surface area contributed by atoms with Crippen molar-refractivity contribution in [2.24, 2.45) is 4.99 Å². The third kappa shape index (κ3) is 3.48. The van der Waals surface area contributed by atoms with E-state index in [9.17, 15) is 9.59 Å². The molecule has 0 saturated heterocycles. The molecular formula is C17H15NO5. The zero-order valence-electron chi connectivity index (χ0n) is 12.5. The largest absolute Gasteiger partial charge is 0.497 e. The fourth-order valence-corrected chi connectivity index (χ4v) is 2.25. The van der Waals surface area contributed by atoms with Crippen LogP contribution in [-0.4, -0.2) is 44.5 Å². The second-order valence-electron chi connectivity index (χ2n) is 5.09. The van der Waals surface area contributed by atoms with Crippen LogP contribution in [0.1, 0.15) is 10.4 Å². The highest BCUT2D eigenvalue weighted by Crippen LogP contribution is 2.22. The van der Waals surface area contributed by atoms with Crippen LogP contribution in [0, 0.1) is 0 Å². The first-order chi connectivity index (χ1) is 11.2. The highest BCUT2D eigenvalue weighted by molar-refractivity contribution is 6.23. The molecule has 1 aliphatic heterocycles. The SMILES string of the molecule is COc1ccc2cc(C(=O)OC[C@H]3COC(=O)C=N3)ccc2c1. The first kappa shape index (κ1) is 15.0. The predicted octanol–water partition coefficient (Wildman–Crippen LogP) is 2.00. The van der Waals surface area contributed by atoms with E-state index >= 15 is 0 Å². The molecule has 2 aromatic rings. The van der Waals surface area contributed by atoms with Gasteiger partial charge < -0.3 is 14.2 Å². The van der Waals surface area contributed by atoms with Crippen molar-refractivity contribution in [1.82, 2.24) is 0 Å². The van der Waals surface area contributed by atoms with Gasteiger partial charge >= 0.3 is 11.9 Å². The quantitative estimate of drug-likeness (QED) is 0.807. The van der Waals surface area contributed by atoms with Gasteiger partial charge in [0.15, 0.2) is 0 Å². The molecule has 0 radical (unpaired) electrons. The molecule has 0 bridgehead atoms. The zero-order valence-corrected chi connectivity index (χ0v) is 12.5. The van der Waals surface area contributed by atoms with Crippen LogP contribution in [0.5, 0.6) is 5.75 Å². The number of carbonyl (C=O) groups excluding carboxylic acids is 2. The average molecular weight is 313 g/mol. The summed E-state index contributed by atoms with van der Waals surface area (Å²) in [6.45, 7) is 0.198. The van der Waals surface area contributed by atoms with Crippen LogP contribution < -0.4 is 4.74 Å². The molecule has 0 amide bonds. The highest BCUT2D eigenvalue weighted by Gasteiger charge is 2.17. The van der Waals surface area contributed by atoms with Crippen molar-refractivity contribution in [2.45, 2.75) is 6.04 Å². The fourth-order valence-electron chi connectivity index (χ4n) is 2.25. The average Bonchev–Trinajstić information content (AvgIpc) is 2.60. The maximum atomic E-state index is 12.1. The predicted molar refractivity (Wildman–Crippen MR) is 84.0 cm³/mol. The summed E-state index contributed by atoms with van der Waals surface area (Å²) in [5.41, 5.74) is 0.458. The molecule has 0 aliphatic carbocycles. The lowest BCUT2D eigenvalue weighted by Gasteiger charge is -2.16. The summed E-state index contributed by atoms with van der Waals surface area (Å²) in [5.74, 6) is -0.148. The molecule has 118 valence electrons. The monoisotopic (exact) mass is 313 g/mol. The molecule has 0 unspecified atom stereocenters. The number of aliphatic imine (C=N–C) groups is 1. The van der Waals surface area contributed by atoms with Crippen LogP contribution in [0.15, 0.2) is 41.4 Å². The Labute approximate surface area is 132 Å². The fraction of sp³-hybridized carbons (Fsp3) is 0.235. The zero-order chi connectivity index (χ0) is 16.2. The standard InChI is InChI=1S/C17H15NO5/c1-21-15-5-4-11-6-13(3-2-12(11)7-15)17(20)23-10-14-9-22-16(19)8-18-14/h2-8,14H,9-10H2,1H3/t14-/m1/s1. The Bertz CT molecular complexity index is 784. The number of hydrogen-bond acceptors (Lipinski definition) is 6. The van der Waals surface area contributed by atoms with Crippen LogP contribution in [0.2, 0.25) is 0 Å². The Morgan fingerprint density at radius 3 is 2.78 bits per heavy atom. The number of methoxy groups -OCH3 is 1. The molecule has 0 saturated carbocycles. The minimum Gasteiger partial charge on any atom is -0.497 e. The number of fused-ring (bicyclic) bond motifs is 1.